The van der Waals surface area contributed by atoms with E-state index < -0.39 is 65.7 Å². The molecule has 1 aromatic rings. The molecule has 1 spiro atoms. The Balaban J connectivity index is 1.41. The van der Waals surface area contributed by atoms with E-state index in [0.29, 0.717) is 24.0 Å². The summed E-state index contributed by atoms with van der Waals surface area (Å²) in [6.07, 6.45) is 11.1. The van der Waals surface area contributed by atoms with Crippen molar-refractivity contribution in [2.75, 3.05) is 6.61 Å². The first-order valence-electron chi connectivity index (χ1n) is 19.2. The molecule has 12 heteroatoms. The summed E-state index contributed by atoms with van der Waals surface area (Å²) in [4.78, 5) is 40.2. The molecule has 0 radical (unpaired) electrons. The second kappa shape index (κ2) is 16.7. The van der Waals surface area contributed by atoms with Crippen LogP contribution in [0.3, 0.4) is 0 Å². The Morgan fingerprint density at radius 3 is 2.42 bits per heavy atom. The van der Waals surface area contributed by atoms with Crippen LogP contribution in [-0.4, -0.2) is 77.6 Å². The summed E-state index contributed by atoms with van der Waals surface area (Å²) in [5.74, 6) is -3.99. The third-order valence-electron chi connectivity index (χ3n) is 11.6. The first-order chi connectivity index (χ1) is 26.0. The summed E-state index contributed by atoms with van der Waals surface area (Å²) < 4.78 is 38.0. The highest BCUT2D eigenvalue weighted by atomic mass is 35.5. The number of ether oxygens (including phenoxy) is 6. The van der Waals surface area contributed by atoms with Gasteiger partial charge in [-0.3, -0.25) is 9.59 Å². The van der Waals surface area contributed by atoms with Crippen LogP contribution in [0, 0.1) is 23.7 Å². The van der Waals surface area contributed by atoms with E-state index in [-0.39, 0.29) is 52.5 Å². The molecule has 4 aliphatic heterocycles. The molecule has 6 rings (SSSR count). The maximum Gasteiger partial charge on any atom is 0.338 e. The summed E-state index contributed by atoms with van der Waals surface area (Å²) >= 11 is 12.4. The molecule has 0 amide bonds. The lowest BCUT2D eigenvalue weighted by Crippen LogP contribution is -2.59. The summed E-state index contributed by atoms with van der Waals surface area (Å²) in [5.41, 5.74) is -0.0815. The van der Waals surface area contributed by atoms with Gasteiger partial charge in [0.15, 0.2) is 11.9 Å². The highest BCUT2D eigenvalue weighted by Crippen LogP contribution is 2.48. The lowest BCUT2D eigenvalue weighted by molar-refractivity contribution is -0.300. The molecule has 2 fully saturated rings. The minimum atomic E-state index is -1.95. The molecule has 1 N–H and O–H groups in total. The van der Waals surface area contributed by atoms with E-state index in [1.54, 1.807) is 25.2 Å². The number of halogens is 2. The Bertz CT molecular complexity index is 1790. The third-order valence-corrected chi connectivity index (χ3v) is 12.0. The minimum Gasteiger partial charge on any atom is -0.462 e. The molecule has 2 bridgehead atoms. The molecule has 1 aliphatic carbocycles. The molecule has 0 saturated carbocycles. The Labute approximate surface area is 333 Å². The van der Waals surface area contributed by atoms with Crippen molar-refractivity contribution in [3.63, 3.8) is 0 Å². The van der Waals surface area contributed by atoms with Crippen LogP contribution < -0.4 is 0 Å². The number of fused-ring (bicyclic) bond motifs is 2. The zero-order valence-electron chi connectivity index (χ0n) is 32.5. The average Bonchev–Trinajstić information content (AvgIpc) is 3.46. The molecular formula is C43H52Cl2O10. The van der Waals surface area contributed by atoms with E-state index in [0.717, 1.165) is 12.0 Å². The van der Waals surface area contributed by atoms with Gasteiger partial charge in [-0.25, -0.2) is 4.79 Å². The van der Waals surface area contributed by atoms with Crippen LogP contribution in [0.15, 0.2) is 77.5 Å². The van der Waals surface area contributed by atoms with Gasteiger partial charge in [0.2, 0.25) is 0 Å². The smallest absolute Gasteiger partial charge is 0.338 e. The van der Waals surface area contributed by atoms with Crippen molar-refractivity contribution in [1.29, 1.82) is 0 Å². The molecule has 12 atom stereocenters. The molecule has 0 unspecified atom stereocenters. The van der Waals surface area contributed by atoms with Gasteiger partial charge in [0.05, 0.1) is 24.4 Å². The predicted molar refractivity (Wildman–Crippen MR) is 207 cm³/mol. The van der Waals surface area contributed by atoms with E-state index in [2.05, 4.69) is 26.8 Å². The predicted octanol–water partition coefficient (Wildman–Crippen LogP) is 8.05. The number of hydrogen-bond acceptors (Lipinski definition) is 10. The van der Waals surface area contributed by atoms with E-state index in [4.69, 9.17) is 51.6 Å². The number of carbonyl (C=O) groups excluding carboxylic acids is 3. The number of carbonyl (C=O) groups is 3. The van der Waals surface area contributed by atoms with Gasteiger partial charge in [0.25, 0.3) is 0 Å². The second-order valence-electron chi connectivity index (χ2n) is 15.8. The summed E-state index contributed by atoms with van der Waals surface area (Å²) in [7, 11) is 0. The van der Waals surface area contributed by atoms with Gasteiger partial charge in [-0.05, 0) is 67.2 Å². The first kappa shape index (κ1) is 41.4. The lowest BCUT2D eigenvalue weighted by Gasteiger charge is -2.48. The fourth-order valence-electron chi connectivity index (χ4n) is 8.52. The summed E-state index contributed by atoms with van der Waals surface area (Å²) in [6, 6.07) is 4.39. The van der Waals surface area contributed by atoms with Crippen LogP contribution in [-0.2, 0) is 38.0 Å². The Hall–Kier alpha value is -3.25. The Morgan fingerprint density at radius 1 is 1.00 bits per heavy atom. The van der Waals surface area contributed by atoms with Crippen molar-refractivity contribution >= 4 is 41.1 Å². The zero-order valence-corrected chi connectivity index (χ0v) is 34.0. The van der Waals surface area contributed by atoms with Crippen LogP contribution in [0.1, 0.15) is 84.5 Å². The Kier molecular flexibility index (Phi) is 12.6. The van der Waals surface area contributed by atoms with Gasteiger partial charge in [-0.1, -0.05) is 93.8 Å². The largest absolute Gasteiger partial charge is 0.462 e. The molecule has 1 aromatic carbocycles. The number of allylic oxidation sites excluding steroid dienone is 2. The van der Waals surface area contributed by atoms with Crippen LogP contribution in [0.2, 0.25) is 10.0 Å². The van der Waals surface area contributed by atoms with Gasteiger partial charge in [-0.15, -0.1) is 0 Å². The van der Waals surface area contributed by atoms with E-state index in [1.807, 2.05) is 32.1 Å². The number of esters is 3. The SMILES string of the molecule is CC[C@H](C)[C@H]1O[C@]2(C=C[C@@H]1C)C[C@@H]1C[C@@H](C/C=C(\C)[C@@H](OC(C)=O)[C@@H](C)/C=C/C=C3\CO[C@@H]4[C@H](OC(=O)c5cc(Cl)cc(Cl)c5)C(C)=C[C@@H](C(=O)O1)[C@]34O)O2. The first-order valence-corrected chi connectivity index (χ1v) is 20.0. The van der Waals surface area contributed by atoms with Gasteiger partial charge < -0.3 is 33.5 Å². The quantitative estimate of drug-likeness (QED) is 0.178. The number of aliphatic hydroxyl groups is 1. The lowest BCUT2D eigenvalue weighted by atomic mass is 9.70. The number of hydrogen-bond donors (Lipinski definition) is 1. The molecule has 10 nitrogen and oxygen atoms in total. The van der Waals surface area contributed by atoms with Gasteiger partial charge in [-0.2, -0.15) is 0 Å². The maximum absolute atomic E-state index is 14.5. The monoisotopic (exact) mass is 798 g/mol. The van der Waals surface area contributed by atoms with E-state index in [1.165, 1.54) is 25.1 Å². The normalized spacial score (nSPS) is 39.3. The highest BCUT2D eigenvalue weighted by Gasteiger charge is 2.61. The van der Waals surface area contributed by atoms with Crippen molar-refractivity contribution in [2.45, 2.75) is 122 Å². The van der Waals surface area contributed by atoms with Crippen LogP contribution in [0.4, 0.5) is 0 Å². The van der Waals surface area contributed by atoms with Crippen LogP contribution in [0.25, 0.3) is 0 Å². The highest BCUT2D eigenvalue weighted by molar-refractivity contribution is 6.35. The standard InChI is InChI=1S/C43H52Cl2O10/c1-8-23(2)37-26(5)14-15-42(55-37)21-34-20-33(54-42)13-12-25(4)36(51-28(7)46)24(3)10-9-11-30-22-50-39-38(27(6)16-35(41(48)52-34)43(30,39)49)53-40(47)29-17-31(44)19-32(45)18-29/h9-12,14-19,23-24,26,33-39,49H,8,13,20-22H2,1-7H3/b10-9+,25-12+,30-11+/t23-,24-,26-,33+,34-,35-,36-,37+,38+,39+,42+,43+/m0/s1. The van der Waals surface area contributed by atoms with Crippen molar-refractivity contribution in [1.82, 2.24) is 0 Å². The van der Waals surface area contributed by atoms with Crippen LogP contribution >= 0.6 is 23.2 Å². The van der Waals surface area contributed by atoms with Crippen molar-refractivity contribution in [2.24, 2.45) is 23.7 Å². The zero-order chi connectivity index (χ0) is 39.8. The van der Waals surface area contributed by atoms with E-state index >= 15 is 0 Å². The van der Waals surface area contributed by atoms with E-state index in [9.17, 15) is 19.5 Å². The summed E-state index contributed by atoms with van der Waals surface area (Å²) in [5, 5.41) is 13.3. The molecule has 55 heavy (non-hydrogen) atoms. The fraction of sp³-hybridized carbons (Fsp3) is 0.558. The second-order valence-corrected chi connectivity index (χ2v) is 16.7. The van der Waals surface area contributed by atoms with Crippen molar-refractivity contribution < 1.29 is 47.9 Å². The number of rotatable bonds is 5. The van der Waals surface area contributed by atoms with Crippen LogP contribution in [0.5, 0.6) is 0 Å². The third kappa shape index (κ3) is 8.70. The molecule has 4 heterocycles. The minimum absolute atomic E-state index is 0.0512. The summed E-state index contributed by atoms with van der Waals surface area (Å²) in [6.45, 7) is 13.3. The molecule has 5 aliphatic rings. The molecule has 0 aromatic heterocycles. The fourth-order valence-corrected chi connectivity index (χ4v) is 9.04. The van der Waals surface area contributed by atoms with Gasteiger partial charge in [0.1, 0.15) is 29.8 Å². The van der Waals surface area contributed by atoms with Crippen molar-refractivity contribution in [3.8, 4) is 0 Å². The Morgan fingerprint density at radius 2 is 1.73 bits per heavy atom. The van der Waals surface area contributed by atoms with Gasteiger partial charge in [0, 0.05) is 41.6 Å². The average molecular weight is 800 g/mol. The topological polar surface area (TPSA) is 127 Å². The molecule has 298 valence electrons. The maximum atomic E-state index is 14.5. The van der Waals surface area contributed by atoms with Gasteiger partial charge >= 0.3 is 17.9 Å². The molecule has 2 saturated heterocycles. The molecular weight excluding hydrogens is 747 g/mol. The number of benzene rings is 1. The van der Waals surface area contributed by atoms with Crippen molar-refractivity contribution in [3.05, 3.63) is 93.1 Å².